The highest BCUT2D eigenvalue weighted by Crippen LogP contribution is 2.26. The summed E-state index contributed by atoms with van der Waals surface area (Å²) < 4.78 is 0. The fourth-order valence-electron chi connectivity index (χ4n) is 3.14. The van der Waals surface area contributed by atoms with Gasteiger partial charge in [-0.2, -0.15) is 0 Å². The molecule has 1 atom stereocenters. The fraction of sp³-hybridized carbons (Fsp3) is 0.500. The summed E-state index contributed by atoms with van der Waals surface area (Å²) in [4.78, 5) is 16.3. The largest absolute Gasteiger partial charge is 0.337 e. The zero-order valence-corrected chi connectivity index (χ0v) is 12.4. The van der Waals surface area contributed by atoms with E-state index < -0.39 is 0 Å². The summed E-state index contributed by atoms with van der Waals surface area (Å²) in [5.41, 5.74) is 1.32. The minimum atomic E-state index is 0.0352. The molecule has 106 valence electrons. The van der Waals surface area contributed by atoms with Crippen LogP contribution >= 0.6 is 12.2 Å². The van der Waals surface area contributed by atoms with Crippen LogP contribution in [0.1, 0.15) is 31.2 Å². The Hall–Kier alpha value is -1.42. The van der Waals surface area contributed by atoms with Gasteiger partial charge in [-0.3, -0.25) is 9.69 Å². The van der Waals surface area contributed by atoms with Gasteiger partial charge in [0.25, 0.3) is 5.91 Å². The first-order chi connectivity index (χ1) is 9.77. The van der Waals surface area contributed by atoms with Crippen molar-refractivity contribution >= 4 is 23.2 Å². The molecular formula is C16H20N2OS. The van der Waals surface area contributed by atoms with Gasteiger partial charge < -0.3 is 4.90 Å². The van der Waals surface area contributed by atoms with Gasteiger partial charge in [-0.25, -0.2) is 0 Å². The van der Waals surface area contributed by atoms with E-state index in [9.17, 15) is 4.79 Å². The SMILES string of the molecule is O=C1C2CCCCN2C(=S)N1CCCc1ccccc1. The Morgan fingerprint density at radius 3 is 2.75 bits per heavy atom. The number of fused-ring (bicyclic) bond motifs is 1. The fourth-order valence-corrected chi connectivity index (χ4v) is 3.54. The third-order valence-corrected chi connectivity index (χ3v) is 4.68. The van der Waals surface area contributed by atoms with E-state index in [0.717, 1.165) is 50.3 Å². The van der Waals surface area contributed by atoms with Crippen molar-refractivity contribution in [3.05, 3.63) is 35.9 Å². The third-order valence-electron chi connectivity index (χ3n) is 4.22. The molecule has 2 heterocycles. The first kappa shape index (κ1) is 13.6. The Labute approximate surface area is 125 Å². The number of benzene rings is 1. The molecule has 3 rings (SSSR count). The van der Waals surface area contributed by atoms with Gasteiger partial charge in [-0.05, 0) is 49.9 Å². The molecule has 1 aromatic carbocycles. The molecule has 0 N–H and O–H groups in total. The molecule has 0 aliphatic carbocycles. The summed E-state index contributed by atoms with van der Waals surface area (Å²) in [7, 11) is 0. The van der Waals surface area contributed by atoms with E-state index in [-0.39, 0.29) is 11.9 Å². The minimum Gasteiger partial charge on any atom is -0.337 e. The van der Waals surface area contributed by atoms with Crippen LogP contribution in [0.2, 0.25) is 0 Å². The van der Waals surface area contributed by atoms with E-state index in [1.807, 2.05) is 11.0 Å². The van der Waals surface area contributed by atoms with Crippen molar-refractivity contribution in [2.75, 3.05) is 13.1 Å². The normalized spacial score (nSPS) is 22.3. The number of amides is 1. The molecule has 1 amide bonds. The van der Waals surface area contributed by atoms with Gasteiger partial charge in [-0.1, -0.05) is 30.3 Å². The predicted octanol–water partition coefficient (Wildman–Crippen LogP) is 2.60. The molecule has 0 saturated carbocycles. The van der Waals surface area contributed by atoms with Crippen LogP contribution in [0.15, 0.2) is 30.3 Å². The standard InChI is InChI=1S/C16H20N2OS/c19-15-14-10-4-5-11-17(14)16(20)18(15)12-6-9-13-7-2-1-3-8-13/h1-3,7-8,14H,4-6,9-12H2. The summed E-state index contributed by atoms with van der Waals surface area (Å²) in [6, 6.07) is 10.4. The molecule has 2 aliphatic heterocycles. The first-order valence-electron chi connectivity index (χ1n) is 7.43. The molecule has 2 fully saturated rings. The van der Waals surface area contributed by atoms with Gasteiger partial charge in [0, 0.05) is 13.1 Å². The Balaban J connectivity index is 1.57. The third kappa shape index (κ3) is 2.57. The predicted molar refractivity (Wildman–Crippen MR) is 83.4 cm³/mol. The molecule has 2 saturated heterocycles. The summed E-state index contributed by atoms with van der Waals surface area (Å²) in [6.45, 7) is 1.70. The van der Waals surface area contributed by atoms with Crippen molar-refractivity contribution in [1.29, 1.82) is 0 Å². The number of aryl methyl sites for hydroxylation is 1. The number of piperidine rings is 1. The summed E-state index contributed by atoms with van der Waals surface area (Å²) in [6.07, 6.45) is 5.23. The van der Waals surface area contributed by atoms with Crippen LogP contribution in [0, 0.1) is 0 Å². The van der Waals surface area contributed by atoms with Gasteiger partial charge >= 0.3 is 0 Å². The van der Waals surface area contributed by atoms with E-state index in [0.29, 0.717) is 0 Å². The highest BCUT2D eigenvalue weighted by atomic mass is 32.1. The van der Waals surface area contributed by atoms with Crippen molar-refractivity contribution in [3.63, 3.8) is 0 Å². The van der Waals surface area contributed by atoms with Crippen LogP contribution in [-0.4, -0.2) is 40.0 Å². The van der Waals surface area contributed by atoms with E-state index in [4.69, 9.17) is 12.2 Å². The molecule has 4 heteroatoms. The van der Waals surface area contributed by atoms with Crippen LogP contribution in [0.5, 0.6) is 0 Å². The Kier molecular flexibility index (Phi) is 4.01. The Morgan fingerprint density at radius 1 is 1.20 bits per heavy atom. The van der Waals surface area contributed by atoms with Crippen molar-refractivity contribution in [2.24, 2.45) is 0 Å². The van der Waals surface area contributed by atoms with Crippen LogP contribution in [0.3, 0.4) is 0 Å². The van der Waals surface area contributed by atoms with Crippen LogP contribution < -0.4 is 0 Å². The molecule has 0 bridgehead atoms. The number of hydrogen-bond donors (Lipinski definition) is 0. The molecule has 0 radical (unpaired) electrons. The van der Waals surface area contributed by atoms with Crippen molar-refractivity contribution in [3.8, 4) is 0 Å². The average molecular weight is 288 g/mol. The van der Waals surface area contributed by atoms with Crippen molar-refractivity contribution in [2.45, 2.75) is 38.1 Å². The van der Waals surface area contributed by atoms with Crippen LogP contribution in [-0.2, 0) is 11.2 Å². The number of hydrogen-bond acceptors (Lipinski definition) is 2. The summed E-state index contributed by atoms with van der Waals surface area (Å²) in [5, 5.41) is 0.757. The molecule has 0 spiro atoms. The second-order valence-electron chi connectivity index (χ2n) is 5.57. The highest BCUT2D eigenvalue weighted by Gasteiger charge is 2.42. The molecular weight excluding hydrogens is 268 g/mol. The van der Waals surface area contributed by atoms with Crippen molar-refractivity contribution < 1.29 is 4.79 Å². The van der Waals surface area contributed by atoms with Gasteiger partial charge in [0.15, 0.2) is 5.11 Å². The zero-order chi connectivity index (χ0) is 13.9. The quantitative estimate of drug-likeness (QED) is 0.796. The number of nitrogens with zero attached hydrogens (tertiary/aromatic N) is 2. The maximum Gasteiger partial charge on any atom is 0.251 e. The monoisotopic (exact) mass is 288 g/mol. The van der Waals surface area contributed by atoms with Gasteiger partial charge in [0.1, 0.15) is 6.04 Å². The second kappa shape index (κ2) is 5.92. The maximum absolute atomic E-state index is 12.4. The molecule has 20 heavy (non-hydrogen) atoms. The number of carbonyl (C=O) groups is 1. The Bertz CT molecular complexity index is 478. The molecule has 1 aromatic rings. The topological polar surface area (TPSA) is 23.6 Å². The van der Waals surface area contributed by atoms with E-state index in [1.54, 1.807) is 0 Å². The lowest BCUT2D eigenvalue weighted by Gasteiger charge is -2.27. The first-order valence-corrected chi connectivity index (χ1v) is 7.84. The molecule has 3 nitrogen and oxygen atoms in total. The van der Waals surface area contributed by atoms with Gasteiger partial charge in [-0.15, -0.1) is 0 Å². The molecule has 0 aromatic heterocycles. The second-order valence-corrected chi connectivity index (χ2v) is 5.93. The van der Waals surface area contributed by atoms with Gasteiger partial charge in [0.2, 0.25) is 0 Å². The maximum atomic E-state index is 12.4. The highest BCUT2D eigenvalue weighted by molar-refractivity contribution is 7.80. The van der Waals surface area contributed by atoms with E-state index in [1.165, 1.54) is 5.56 Å². The number of carbonyl (C=O) groups excluding carboxylic acids is 1. The van der Waals surface area contributed by atoms with E-state index >= 15 is 0 Å². The smallest absolute Gasteiger partial charge is 0.251 e. The minimum absolute atomic E-state index is 0.0352. The van der Waals surface area contributed by atoms with Gasteiger partial charge in [0.05, 0.1) is 0 Å². The van der Waals surface area contributed by atoms with E-state index in [2.05, 4.69) is 29.2 Å². The lowest BCUT2D eigenvalue weighted by Crippen LogP contribution is -2.38. The molecule has 2 aliphatic rings. The Morgan fingerprint density at radius 2 is 2.00 bits per heavy atom. The lowest BCUT2D eigenvalue weighted by molar-refractivity contribution is -0.128. The zero-order valence-electron chi connectivity index (χ0n) is 11.6. The summed E-state index contributed by atoms with van der Waals surface area (Å²) in [5.74, 6) is 0.225. The average Bonchev–Trinajstić information content (AvgIpc) is 2.74. The van der Waals surface area contributed by atoms with Crippen molar-refractivity contribution in [1.82, 2.24) is 9.80 Å². The lowest BCUT2D eigenvalue weighted by atomic mass is 10.0. The number of rotatable bonds is 4. The van der Waals surface area contributed by atoms with Crippen LogP contribution in [0.25, 0.3) is 0 Å². The summed E-state index contributed by atoms with van der Waals surface area (Å²) >= 11 is 5.48. The molecule has 1 unspecified atom stereocenters. The number of thiocarbonyl (C=S) groups is 1. The van der Waals surface area contributed by atoms with Crippen LogP contribution in [0.4, 0.5) is 0 Å².